The van der Waals surface area contributed by atoms with Gasteiger partial charge in [-0.15, -0.1) is 0 Å². The van der Waals surface area contributed by atoms with Crippen LogP contribution in [0, 0.1) is 28.4 Å². The fourth-order valence-electron chi connectivity index (χ4n) is 1.25. The van der Waals surface area contributed by atoms with Crippen LogP contribution in [-0.4, -0.2) is 12.6 Å². The first kappa shape index (κ1) is 14.9. The van der Waals surface area contributed by atoms with E-state index in [1.165, 1.54) is 0 Å². The summed E-state index contributed by atoms with van der Waals surface area (Å²) in [6.45, 7) is 3.35. The number of anilines is 1. The number of benzene rings is 1. The molecule has 0 spiro atoms. The maximum absolute atomic E-state index is 13.4. The fraction of sp³-hybridized carbons (Fsp3) is 0.385. The minimum absolute atomic E-state index is 0.0316. The van der Waals surface area contributed by atoms with Gasteiger partial charge in [-0.25, -0.2) is 13.6 Å². The lowest BCUT2D eigenvalue weighted by molar-refractivity contribution is 0.0469. The number of nitrogen functional groups attached to an aromatic ring is 1. The Morgan fingerprint density at radius 1 is 1.42 bits per heavy atom. The Balaban J connectivity index is 2.70. The van der Waals surface area contributed by atoms with Crippen LogP contribution in [0.4, 0.5) is 14.5 Å². The van der Waals surface area contributed by atoms with Gasteiger partial charge in [-0.2, -0.15) is 5.26 Å². The molecule has 0 amide bonds. The van der Waals surface area contributed by atoms with Crippen molar-refractivity contribution in [2.24, 2.45) is 5.41 Å². The molecule has 1 aromatic carbocycles. The van der Waals surface area contributed by atoms with Crippen molar-refractivity contribution in [3.05, 3.63) is 29.3 Å². The van der Waals surface area contributed by atoms with E-state index < -0.39 is 28.6 Å². The van der Waals surface area contributed by atoms with E-state index in [0.29, 0.717) is 12.5 Å². The topological polar surface area (TPSA) is 76.1 Å². The third kappa shape index (κ3) is 3.91. The van der Waals surface area contributed by atoms with Crippen molar-refractivity contribution in [2.45, 2.75) is 20.3 Å². The average Bonchev–Trinajstić information content (AvgIpc) is 2.33. The summed E-state index contributed by atoms with van der Waals surface area (Å²) in [7, 11) is 0. The van der Waals surface area contributed by atoms with Crippen molar-refractivity contribution in [1.82, 2.24) is 0 Å². The molecule has 19 heavy (non-hydrogen) atoms. The molecule has 0 heterocycles. The normalized spacial score (nSPS) is 10.9. The summed E-state index contributed by atoms with van der Waals surface area (Å²) in [6.07, 6.45) is 0.313. The number of nitrogens with zero attached hydrogens (tertiary/aromatic N) is 1. The van der Waals surface area contributed by atoms with E-state index in [0.717, 1.165) is 6.07 Å². The molecule has 102 valence electrons. The third-order valence-electron chi connectivity index (χ3n) is 2.57. The molecule has 4 nitrogen and oxygen atoms in total. The number of nitriles is 1. The van der Waals surface area contributed by atoms with Gasteiger partial charge < -0.3 is 10.5 Å². The summed E-state index contributed by atoms with van der Waals surface area (Å²) in [5, 5.41) is 8.78. The summed E-state index contributed by atoms with van der Waals surface area (Å²) >= 11 is 0. The Kier molecular flexibility index (Phi) is 4.43. The highest BCUT2D eigenvalue weighted by molar-refractivity contribution is 5.90. The van der Waals surface area contributed by atoms with Gasteiger partial charge in [0.05, 0.1) is 29.3 Å². The number of ether oxygens (including phenoxy) is 1. The lowest BCUT2D eigenvalue weighted by atomic mass is 9.92. The van der Waals surface area contributed by atoms with Gasteiger partial charge in [0.25, 0.3) is 0 Å². The molecule has 0 aliphatic heterocycles. The molecule has 0 unspecified atom stereocenters. The van der Waals surface area contributed by atoms with Crippen molar-refractivity contribution >= 4 is 11.7 Å². The molecule has 0 aliphatic carbocycles. The largest absolute Gasteiger partial charge is 0.462 e. The summed E-state index contributed by atoms with van der Waals surface area (Å²) in [6, 6.07) is 3.47. The van der Waals surface area contributed by atoms with E-state index in [9.17, 15) is 13.6 Å². The number of esters is 1. The van der Waals surface area contributed by atoms with Gasteiger partial charge in [-0.3, -0.25) is 0 Å². The van der Waals surface area contributed by atoms with E-state index in [1.54, 1.807) is 13.8 Å². The van der Waals surface area contributed by atoms with Crippen LogP contribution >= 0.6 is 0 Å². The summed E-state index contributed by atoms with van der Waals surface area (Å²) in [4.78, 5) is 11.6. The van der Waals surface area contributed by atoms with Crippen LogP contribution in [0.3, 0.4) is 0 Å². The first-order chi connectivity index (χ1) is 8.76. The van der Waals surface area contributed by atoms with E-state index in [-0.39, 0.29) is 12.3 Å². The molecule has 0 atom stereocenters. The second-order valence-corrected chi connectivity index (χ2v) is 4.74. The predicted octanol–water partition coefficient (Wildman–Crippen LogP) is 2.64. The van der Waals surface area contributed by atoms with Crippen molar-refractivity contribution in [3.63, 3.8) is 0 Å². The number of rotatable bonds is 4. The predicted molar refractivity (Wildman–Crippen MR) is 65.1 cm³/mol. The van der Waals surface area contributed by atoms with Gasteiger partial charge in [-0.05, 0) is 26.3 Å². The highest BCUT2D eigenvalue weighted by Gasteiger charge is 2.20. The lowest BCUT2D eigenvalue weighted by Gasteiger charge is -2.14. The van der Waals surface area contributed by atoms with Gasteiger partial charge in [0, 0.05) is 6.07 Å². The second kappa shape index (κ2) is 5.65. The molecule has 6 heteroatoms. The zero-order valence-corrected chi connectivity index (χ0v) is 10.7. The fourth-order valence-corrected chi connectivity index (χ4v) is 1.25. The number of carbonyl (C=O) groups is 1. The number of nitrogens with two attached hydrogens (primary N) is 1. The molecule has 2 N–H and O–H groups in total. The molecule has 0 radical (unpaired) electrons. The molecule has 0 saturated heterocycles. The summed E-state index contributed by atoms with van der Waals surface area (Å²) in [5.74, 6) is -2.89. The van der Waals surface area contributed by atoms with Gasteiger partial charge >= 0.3 is 5.97 Å². The number of carbonyl (C=O) groups excluding carboxylic acids is 1. The van der Waals surface area contributed by atoms with Crippen LogP contribution in [0.2, 0.25) is 0 Å². The quantitative estimate of drug-likeness (QED) is 0.672. The highest BCUT2D eigenvalue weighted by Crippen LogP contribution is 2.20. The van der Waals surface area contributed by atoms with Crippen molar-refractivity contribution < 1.29 is 18.3 Å². The Hall–Kier alpha value is -2.16. The second-order valence-electron chi connectivity index (χ2n) is 4.74. The Labute approximate surface area is 109 Å². The Morgan fingerprint density at radius 2 is 2.05 bits per heavy atom. The zero-order chi connectivity index (χ0) is 14.6. The van der Waals surface area contributed by atoms with E-state index in [2.05, 4.69) is 0 Å². The molecule has 0 bridgehead atoms. The van der Waals surface area contributed by atoms with Crippen molar-refractivity contribution in [1.29, 1.82) is 5.26 Å². The van der Waals surface area contributed by atoms with Gasteiger partial charge in [-0.1, -0.05) is 0 Å². The number of hydrogen-bond acceptors (Lipinski definition) is 4. The minimum atomic E-state index is -1.03. The first-order valence-electron chi connectivity index (χ1n) is 5.60. The molecule has 1 aromatic rings. The van der Waals surface area contributed by atoms with Crippen molar-refractivity contribution in [3.8, 4) is 6.07 Å². The molecule has 0 aromatic heterocycles. The van der Waals surface area contributed by atoms with Crippen LogP contribution in [0.1, 0.15) is 30.6 Å². The SMILES string of the molecule is CC(C)(C#N)CCOC(=O)c1cc(N)c(F)cc1F. The van der Waals surface area contributed by atoms with Gasteiger partial charge in [0.2, 0.25) is 0 Å². The van der Waals surface area contributed by atoms with Crippen LogP contribution < -0.4 is 5.73 Å². The molecule has 0 saturated carbocycles. The Bertz CT molecular complexity index is 536. The van der Waals surface area contributed by atoms with Crippen LogP contribution in [0.5, 0.6) is 0 Å². The van der Waals surface area contributed by atoms with Crippen LogP contribution in [0.15, 0.2) is 12.1 Å². The van der Waals surface area contributed by atoms with Gasteiger partial charge in [0.15, 0.2) is 0 Å². The van der Waals surface area contributed by atoms with Gasteiger partial charge in [0.1, 0.15) is 11.6 Å². The number of hydrogen-bond donors (Lipinski definition) is 1. The molecular formula is C13H14F2N2O2. The average molecular weight is 268 g/mol. The van der Waals surface area contributed by atoms with Crippen LogP contribution in [0.25, 0.3) is 0 Å². The van der Waals surface area contributed by atoms with E-state index in [4.69, 9.17) is 15.7 Å². The highest BCUT2D eigenvalue weighted by atomic mass is 19.1. The molecule has 0 aliphatic rings. The molecule has 0 fully saturated rings. The molecular weight excluding hydrogens is 254 g/mol. The van der Waals surface area contributed by atoms with E-state index >= 15 is 0 Å². The third-order valence-corrected chi connectivity index (χ3v) is 2.57. The van der Waals surface area contributed by atoms with E-state index in [1.807, 2.05) is 6.07 Å². The standard InChI is InChI=1S/C13H14F2N2O2/c1-13(2,7-16)3-4-19-12(18)8-5-11(17)10(15)6-9(8)14/h5-6H,3-4,17H2,1-2H3. The zero-order valence-electron chi connectivity index (χ0n) is 10.7. The lowest BCUT2D eigenvalue weighted by Crippen LogP contribution is -2.15. The summed E-state index contributed by atoms with van der Waals surface area (Å²) in [5.41, 5.74) is 3.87. The maximum Gasteiger partial charge on any atom is 0.341 e. The smallest absolute Gasteiger partial charge is 0.341 e. The maximum atomic E-state index is 13.4. The Morgan fingerprint density at radius 3 is 2.63 bits per heavy atom. The monoisotopic (exact) mass is 268 g/mol. The van der Waals surface area contributed by atoms with Crippen molar-refractivity contribution in [2.75, 3.05) is 12.3 Å². The van der Waals surface area contributed by atoms with Crippen LogP contribution in [-0.2, 0) is 4.74 Å². The first-order valence-corrected chi connectivity index (χ1v) is 5.60. The molecule has 1 rings (SSSR count). The number of halogens is 2. The summed E-state index contributed by atoms with van der Waals surface area (Å²) < 4.78 is 31.1. The minimum Gasteiger partial charge on any atom is -0.462 e.